The maximum atomic E-state index is 13.9. The number of hydrogen-bond donors (Lipinski definition) is 1. The zero-order valence-corrected chi connectivity index (χ0v) is 19.0. The number of carbonyl (C=O) groups is 1. The second-order valence-electron chi connectivity index (χ2n) is 7.99. The molecule has 0 radical (unpaired) electrons. The maximum Gasteiger partial charge on any atom is 0.278 e. The van der Waals surface area contributed by atoms with Gasteiger partial charge in [0.05, 0.1) is 13.2 Å². The SMILES string of the molecule is CC1CCO[C@]1(CNC(=O)c1ccccc1)n1cnc(OCc2ccc(F)cc2F)c(Cl)c1=O. The fraction of sp³-hybridized carbons (Fsp3) is 0.292. The molecule has 2 atom stereocenters. The van der Waals surface area contributed by atoms with Crippen molar-refractivity contribution in [1.82, 2.24) is 14.9 Å². The Balaban J connectivity index is 1.57. The number of halogens is 3. The van der Waals surface area contributed by atoms with E-state index in [9.17, 15) is 18.4 Å². The van der Waals surface area contributed by atoms with Gasteiger partial charge in [0.1, 0.15) is 24.6 Å². The summed E-state index contributed by atoms with van der Waals surface area (Å²) in [7, 11) is 0. The molecule has 10 heteroatoms. The summed E-state index contributed by atoms with van der Waals surface area (Å²) >= 11 is 6.26. The zero-order valence-electron chi connectivity index (χ0n) is 18.3. The number of aromatic nitrogens is 2. The smallest absolute Gasteiger partial charge is 0.278 e. The van der Waals surface area contributed by atoms with Gasteiger partial charge in [-0.3, -0.25) is 14.2 Å². The number of ether oxygens (including phenoxy) is 2. The van der Waals surface area contributed by atoms with Crippen LogP contribution in [-0.2, 0) is 17.1 Å². The Morgan fingerprint density at radius 3 is 2.74 bits per heavy atom. The minimum Gasteiger partial charge on any atom is -0.471 e. The van der Waals surface area contributed by atoms with E-state index in [2.05, 4.69) is 10.3 Å². The second-order valence-corrected chi connectivity index (χ2v) is 8.37. The van der Waals surface area contributed by atoms with Gasteiger partial charge in [0.15, 0.2) is 10.7 Å². The van der Waals surface area contributed by atoms with Crippen molar-refractivity contribution in [2.24, 2.45) is 5.92 Å². The number of nitrogens with one attached hydrogen (secondary N) is 1. The minimum absolute atomic E-state index is 0.0147. The summed E-state index contributed by atoms with van der Waals surface area (Å²) in [6, 6.07) is 11.7. The highest BCUT2D eigenvalue weighted by atomic mass is 35.5. The second kappa shape index (κ2) is 9.90. The Labute approximate surface area is 199 Å². The lowest BCUT2D eigenvalue weighted by Crippen LogP contribution is -2.52. The number of carbonyl (C=O) groups excluding carboxylic acids is 1. The van der Waals surface area contributed by atoms with Crippen molar-refractivity contribution >= 4 is 17.5 Å². The van der Waals surface area contributed by atoms with Crippen molar-refractivity contribution in [3.8, 4) is 5.88 Å². The number of hydrogen-bond acceptors (Lipinski definition) is 5. The summed E-state index contributed by atoms with van der Waals surface area (Å²) in [5.74, 6) is -2.14. The molecule has 0 spiro atoms. The molecule has 1 saturated heterocycles. The van der Waals surface area contributed by atoms with Crippen LogP contribution >= 0.6 is 11.6 Å². The van der Waals surface area contributed by atoms with Crippen molar-refractivity contribution in [2.75, 3.05) is 13.2 Å². The molecular formula is C24H22ClF2N3O4. The molecule has 34 heavy (non-hydrogen) atoms. The summed E-state index contributed by atoms with van der Waals surface area (Å²) in [4.78, 5) is 29.9. The van der Waals surface area contributed by atoms with E-state index in [1.807, 2.05) is 13.0 Å². The molecule has 1 fully saturated rings. The predicted octanol–water partition coefficient (Wildman–Crippen LogP) is 3.89. The van der Waals surface area contributed by atoms with Gasteiger partial charge in [-0.1, -0.05) is 36.7 Å². The Bertz CT molecular complexity index is 1250. The third-order valence-electron chi connectivity index (χ3n) is 5.88. The first-order valence-corrected chi connectivity index (χ1v) is 11.0. The predicted molar refractivity (Wildman–Crippen MR) is 121 cm³/mol. The highest BCUT2D eigenvalue weighted by Gasteiger charge is 2.45. The fourth-order valence-electron chi connectivity index (χ4n) is 3.87. The number of amides is 1. The van der Waals surface area contributed by atoms with E-state index in [-0.39, 0.29) is 41.4 Å². The van der Waals surface area contributed by atoms with Crippen LogP contribution in [0.1, 0.15) is 29.3 Å². The number of nitrogens with zero attached hydrogens (tertiary/aromatic N) is 2. The summed E-state index contributed by atoms with van der Waals surface area (Å²) in [5.41, 5.74) is -1.27. The van der Waals surface area contributed by atoms with Gasteiger partial charge in [-0.15, -0.1) is 0 Å². The molecule has 4 rings (SSSR count). The molecule has 3 aromatic rings. The third kappa shape index (κ3) is 4.67. The maximum absolute atomic E-state index is 13.9. The van der Waals surface area contributed by atoms with Crippen LogP contribution in [0.3, 0.4) is 0 Å². The van der Waals surface area contributed by atoms with Crippen molar-refractivity contribution in [2.45, 2.75) is 25.7 Å². The average Bonchev–Trinajstić information content (AvgIpc) is 3.21. The minimum atomic E-state index is -1.19. The van der Waals surface area contributed by atoms with Gasteiger partial charge in [-0.2, -0.15) is 0 Å². The van der Waals surface area contributed by atoms with Gasteiger partial charge in [0.2, 0.25) is 5.88 Å². The van der Waals surface area contributed by atoms with Gasteiger partial charge < -0.3 is 14.8 Å². The first-order valence-electron chi connectivity index (χ1n) is 10.6. The lowest BCUT2D eigenvalue weighted by molar-refractivity contribution is -0.0860. The largest absolute Gasteiger partial charge is 0.471 e. The van der Waals surface area contributed by atoms with Crippen LogP contribution in [0, 0.1) is 17.6 Å². The highest BCUT2D eigenvalue weighted by molar-refractivity contribution is 6.31. The van der Waals surface area contributed by atoms with Gasteiger partial charge in [0.25, 0.3) is 11.5 Å². The molecule has 1 unspecified atom stereocenters. The summed E-state index contributed by atoms with van der Waals surface area (Å²) in [6.45, 7) is 2.01. The molecule has 0 aliphatic carbocycles. The van der Waals surface area contributed by atoms with Crippen molar-refractivity contribution in [3.63, 3.8) is 0 Å². The Hall–Kier alpha value is -3.30. The quantitative estimate of drug-likeness (QED) is 0.544. The summed E-state index contributed by atoms with van der Waals surface area (Å²) < 4.78 is 39.6. The van der Waals surface area contributed by atoms with Gasteiger partial charge in [0, 0.05) is 23.1 Å². The van der Waals surface area contributed by atoms with E-state index in [1.165, 1.54) is 17.0 Å². The summed E-state index contributed by atoms with van der Waals surface area (Å²) in [6.07, 6.45) is 1.90. The topological polar surface area (TPSA) is 82.4 Å². The molecule has 7 nitrogen and oxygen atoms in total. The molecule has 0 bridgehead atoms. The average molecular weight is 490 g/mol. The fourth-order valence-corrected chi connectivity index (χ4v) is 4.06. The van der Waals surface area contributed by atoms with E-state index in [4.69, 9.17) is 21.1 Å². The number of benzene rings is 2. The first kappa shape index (κ1) is 23.8. The molecule has 2 aromatic carbocycles. The molecule has 178 valence electrons. The highest BCUT2D eigenvalue weighted by Crippen LogP contribution is 2.36. The molecule has 1 aliphatic heterocycles. The Morgan fingerprint density at radius 2 is 2.06 bits per heavy atom. The van der Waals surface area contributed by atoms with Crippen LogP contribution in [-0.4, -0.2) is 28.6 Å². The molecule has 1 aliphatic rings. The van der Waals surface area contributed by atoms with E-state index < -0.39 is 22.9 Å². The van der Waals surface area contributed by atoms with E-state index in [0.29, 0.717) is 18.6 Å². The van der Waals surface area contributed by atoms with Gasteiger partial charge in [-0.05, 0) is 30.7 Å². The van der Waals surface area contributed by atoms with E-state index in [1.54, 1.807) is 24.3 Å². The van der Waals surface area contributed by atoms with Crippen molar-refractivity contribution < 1.29 is 23.0 Å². The van der Waals surface area contributed by atoms with Gasteiger partial charge >= 0.3 is 0 Å². The molecular weight excluding hydrogens is 468 g/mol. The van der Waals surface area contributed by atoms with Crippen LogP contribution < -0.4 is 15.6 Å². The standard InChI is InChI=1S/C24H22ClF2N3O4/c1-15-9-10-34-24(15,13-28-21(31)16-5-3-2-4-6-16)30-14-29-22(20(25)23(30)32)33-12-17-7-8-18(26)11-19(17)27/h2-8,11,14-15H,9-10,12-13H2,1H3,(H,28,31)/t15?,24-/m0/s1. The normalized spacial score (nSPS) is 19.7. The van der Waals surface area contributed by atoms with E-state index >= 15 is 0 Å². The lowest BCUT2D eigenvalue weighted by atomic mass is 9.96. The van der Waals surface area contributed by atoms with Crippen LogP contribution in [0.2, 0.25) is 5.02 Å². The van der Waals surface area contributed by atoms with Crippen LogP contribution in [0.25, 0.3) is 0 Å². The summed E-state index contributed by atoms with van der Waals surface area (Å²) in [5, 5.41) is 2.51. The van der Waals surface area contributed by atoms with Crippen LogP contribution in [0.5, 0.6) is 5.88 Å². The Kier molecular flexibility index (Phi) is 6.95. The molecule has 2 heterocycles. The molecule has 1 aromatic heterocycles. The molecule has 0 saturated carbocycles. The van der Waals surface area contributed by atoms with Crippen molar-refractivity contribution in [3.05, 3.63) is 93.0 Å². The monoisotopic (exact) mass is 489 g/mol. The van der Waals surface area contributed by atoms with Crippen LogP contribution in [0.15, 0.2) is 59.7 Å². The lowest BCUT2D eigenvalue weighted by Gasteiger charge is -2.34. The van der Waals surface area contributed by atoms with Crippen LogP contribution in [0.4, 0.5) is 8.78 Å². The number of rotatable bonds is 7. The van der Waals surface area contributed by atoms with Gasteiger partial charge in [-0.25, -0.2) is 13.8 Å². The molecule has 1 amide bonds. The van der Waals surface area contributed by atoms with E-state index in [0.717, 1.165) is 12.1 Å². The molecule has 1 N–H and O–H groups in total. The van der Waals surface area contributed by atoms with Crippen molar-refractivity contribution in [1.29, 1.82) is 0 Å². The first-order chi connectivity index (χ1) is 16.3. The zero-order chi connectivity index (χ0) is 24.3. The Morgan fingerprint density at radius 1 is 1.29 bits per heavy atom. The third-order valence-corrected chi connectivity index (χ3v) is 6.21.